The van der Waals surface area contributed by atoms with E-state index in [1.54, 1.807) is 6.20 Å². The fourth-order valence-corrected chi connectivity index (χ4v) is 2.00. The maximum Gasteiger partial charge on any atom is 0.272 e. The summed E-state index contributed by atoms with van der Waals surface area (Å²) in [6.07, 6.45) is 1.46. The van der Waals surface area contributed by atoms with Crippen molar-refractivity contribution in [3.05, 3.63) is 23.4 Å². The molecule has 1 saturated carbocycles. The minimum Gasteiger partial charge on any atom is -0.471 e. The summed E-state index contributed by atoms with van der Waals surface area (Å²) >= 11 is 0. The number of rotatable bonds is 6. The summed E-state index contributed by atoms with van der Waals surface area (Å²) in [5.41, 5.74) is 2.27. The molecule has 20 heavy (non-hydrogen) atoms. The van der Waals surface area contributed by atoms with E-state index < -0.39 is 13.0 Å². The van der Waals surface area contributed by atoms with Crippen molar-refractivity contribution in [1.29, 1.82) is 0 Å². The van der Waals surface area contributed by atoms with Crippen molar-refractivity contribution in [1.82, 2.24) is 4.98 Å². The molecular formula is C15H23F2N2O+. The number of ether oxygens (including phenoxy) is 1. The quantitative estimate of drug-likeness (QED) is 0.872. The molecule has 2 rings (SSSR count). The molecule has 1 fully saturated rings. The van der Waals surface area contributed by atoms with Crippen LogP contribution >= 0.6 is 0 Å². The Morgan fingerprint density at radius 2 is 2.10 bits per heavy atom. The highest BCUT2D eigenvalue weighted by Gasteiger charge is 2.28. The smallest absolute Gasteiger partial charge is 0.272 e. The minimum atomic E-state index is -2.46. The van der Waals surface area contributed by atoms with Gasteiger partial charge in [-0.05, 0) is 45.6 Å². The van der Waals surface area contributed by atoms with Gasteiger partial charge >= 0.3 is 0 Å². The average Bonchev–Trinajstić information content (AvgIpc) is 3.17. The first-order valence-corrected chi connectivity index (χ1v) is 7.09. The van der Waals surface area contributed by atoms with Gasteiger partial charge in [-0.15, -0.1) is 0 Å². The van der Waals surface area contributed by atoms with E-state index in [9.17, 15) is 8.78 Å². The van der Waals surface area contributed by atoms with E-state index in [4.69, 9.17) is 4.74 Å². The molecule has 0 unspecified atom stereocenters. The van der Waals surface area contributed by atoms with E-state index in [0.29, 0.717) is 11.8 Å². The normalized spacial score (nSPS) is 15.7. The third-order valence-electron chi connectivity index (χ3n) is 3.25. The zero-order chi connectivity index (χ0) is 14.8. The number of pyridine rings is 1. The Labute approximate surface area is 118 Å². The average molecular weight is 285 g/mol. The van der Waals surface area contributed by atoms with Gasteiger partial charge in [0, 0.05) is 17.3 Å². The lowest BCUT2D eigenvalue weighted by atomic mass is 10.1. The van der Waals surface area contributed by atoms with Crippen LogP contribution in [0.25, 0.3) is 0 Å². The number of quaternary nitrogens is 1. The van der Waals surface area contributed by atoms with E-state index in [0.717, 1.165) is 30.5 Å². The van der Waals surface area contributed by atoms with Crippen molar-refractivity contribution in [2.24, 2.45) is 0 Å². The molecule has 5 heteroatoms. The molecule has 1 aliphatic rings. The molecule has 3 nitrogen and oxygen atoms in total. The zero-order valence-corrected chi connectivity index (χ0v) is 12.3. The van der Waals surface area contributed by atoms with Crippen LogP contribution in [0.3, 0.4) is 0 Å². The van der Waals surface area contributed by atoms with Gasteiger partial charge in [0.15, 0.2) is 6.61 Å². The van der Waals surface area contributed by atoms with Crippen molar-refractivity contribution >= 4 is 0 Å². The largest absolute Gasteiger partial charge is 0.471 e. The van der Waals surface area contributed by atoms with E-state index in [-0.39, 0.29) is 5.54 Å². The summed E-state index contributed by atoms with van der Waals surface area (Å²) in [6.45, 7) is 6.72. The number of alkyl halides is 2. The maximum absolute atomic E-state index is 12.2. The number of hydrogen-bond acceptors (Lipinski definition) is 2. The Hall–Kier alpha value is -1.23. The monoisotopic (exact) mass is 285 g/mol. The molecule has 0 amide bonds. The highest BCUT2D eigenvalue weighted by molar-refractivity contribution is 5.35. The number of nitrogens with zero attached hydrogens (tertiary/aromatic N) is 1. The van der Waals surface area contributed by atoms with E-state index in [1.807, 2.05) is 0 Å². The highest BCUT2D eigenvalue weighted by atomic mass is 19.3. The van der Waals surface area contributed by atoms with Crippen molar-refractivity contribution in [3.8, 4) is 5.88 Å². The van der Waals surface area contributed by atoms with Crippen molar-refractivity contribution in [2.75, 3.05) is 6.61 Å². The van der Waals surface area contributed by atoms with Crippen LogP contribution in [-0.4, -0.2) is 23.6 Å². The summed E-state index contributed by atoms with van der Waals surface area (Å²) in [4.78, 5) is 4.24. The van der Waals surface area contributed by atoms with Gasteiger partial charge in [-0.1, -0.05) is 0 Å². The van der Waals surface area contributed by atoms with E-state index in [1.165, 1.54) is 0 Å². The van der Waals surface area contributed by atoms with Gasteiger partial charge in [-0.25, -0.2) is 13.8 Å². The topological polar surface area (TPSA) is 38.7 Å². The lowest BCUT2D eigenvalue weighted by Crippen LogP contribution is -2.92. The first kappa shape index (κ1) is 15.2. The van der Waals surface area contributed by atoms with Crippen LogP contribution in [-0.2, 0) is 6.54 Å². The van der Waals surface area contributed by atoms with Crippen molar-refractivity contribution < 1.29 is 18.8 Å². The van der Waals surface area contributed by atoms with Crippen LogP contribution in [0.15, 0.2) is 12.3 Å². The molecular weight excluding hydrogens is 262 g/mol. The maximum atomic E-state index is 12.2. The molecule has 2 N–H and O–H groups in total. The Bertz CT molecular complexity index is 454. The Morgan fingerprint density at radius 1 is 1.40 bits per heavy atom. The number of halogens is 2. The summed E-state index contributed by atoms with van der Waals surface area (Å²) in [5.74, 6) is 0.817. The van der Waals surface area contributed by atoms with Crippen LogP contribution in [0, 0.1) is 0 Å². The van der Waals surface area contributed by atoms with Gasteiger partial charge in [0.2, 0.25) is 5.88 Å². The summed E-state index contributed by atoms with van der Waals surface area (Å²) in [5, 5.41) is 2.24. The standard InChI is InChI=1S/C15H22F2N2O/c1-15(2,3)19-8-10-6-12(11-4-5-11)14(18-7-10)20-9-13(16)17/h6-7,11,13,19H,4-5,8-9H2,1-3H3/p+1. The molecule has 1 heterocycles. The second-order valence-corrected chi connectivity index (χ2v) is 6.49. The second kappa shape index (κ2) is 6.04. The molecule has 0 bridgehead atoms. The zero-order valence-electron chi connectivity index (χ0n) is 12.3. The SMILES string of the molecule is CC(C)(C)[NH2+]Cc1cnc(OCC(F)F)c(C2CC2)c1. The molecule has 0 radical (unpaired) electrons. The Balaban J connectivity index is 2.07. The molecule has 0 aliphatic heterocycles. The van der Waals surface area contributed by atoms with Gasteiger partial charge in [0.25, 0.3) is 6.43 Å². The highest BCUT2D eigenvalue weighted by Crippen LogP contribution is 2.43. The van der Waals surface area contributed by atoms with Crippen molar-refractivity contribution in [3.63, 3.8) is 0 Å². The van der Waals surface area contributed by atoms with Gasteiger partial charge in [-0.2, -0.15) is 0 Å². The summed E-state index contributed by atoms with van der Waals surface area (Å²) < 4.78 is 29.6. The van der Waals surface area contributed by atoms with Gasteiger partial charge < -0.3 is 10.1 Å². The van der Waals surface area contributed by atoms with Gasteiger partial charge in [0.05, 0.1) is 5.54 Å². The first-order chi connectivity index (χ1) is 9.35. The van der Waals surface area contributed by atoms with Gasteiger partial charge in [0.1, 0.15) is 6.54 Å². The predicted molar refractivity (Wildman–Crippen MR) is 73.1 cm³/mol. The molecule has 1 aliphatic carbocycles. The van der Waals surface area contributed by atoms with Crippen LogP contribution < -0.4 is 10.1 Å². The number of nitrogens with two attached hydrogens (primary N) is 1. The minimum absolute atomic E-state index is 0.157. The molecule has 0 saturated heterocycles. The fourth-order valence-electron chi connectivity index (χ4n) is 2.00. The number of hydrogen-bond donors (Lipinski definition) is 1. The predicted octanol–water partition coefficient (Wildman–Crippen LogP) is 2.46. The second-order valence-electron chi connectivity index (χ2n) is 6.49. The Morgan fingerprint density at radius 3 is 2.65 bits per heavy atom. The third kappa shape index (κ3) is 4.71. The van der Waals surface area contributed by atoms with Crippen molar-refractivity contribution in [2.45, 2.75) is 58.0 Å². The fraction of sp³-hybridized carbons (Fsp3) is 0.667. The van der Waals surface area contributed by atoms with Crippen LogP contribution in [0.1, 0.15) is 50.7 Å². The van der Waals surface area contributed by atoms with E-state index in [2.05, 4.69) is 37.1 Å². The molecule has 112 valence electrons. The lowest BCUT2D eigenvalue weighted by molar-refractivity contribution is -0.731. The lowest BCUT2D eigenvalue weighted by Gasteiger charge is -2.17. The van der Waals surface area contributed by atoms with Crippen LogP contribution in [0.2, 0.25) is 0 Å². The molecule has 0 spiro atoms. The molecule has 0 aromatic carbocycles. The molecule has 0 atom stereocenters. The van der Waals surface area contributed by atoms with E-state index >= 15 is 0 Å². The van der Waals surface area contributed by atoms with Gasteiger partial charge in [-0.3, -0.25) is 0 Å². The van der Waals surface area contributed by atoms with Crippen LogP contribution in [0.4, 0.5) is 8.78 Å². The van der Waals surface area contributed by atoms with Crippen LogP contribution in [0.5, 0.6) is 5.88 Å². The summed E-state index contributed by atoms with van der Waals surface area (Å²) in [7, 11) is 0. The number of aromatic nitrogens is 1. The third-order valence-corrected chi connectivity index (χ3v) is 3.25. The molecule has 1 aromatic rings. The summed E-state index contributed by atoms with van der Waals surface area (Å²) in [6, 6.07) is 2.06. The molecule has 1 aromatic heterocycles. The Kier molecular flexibility index (Phi) is 4.58. The first-order valence-electron chi connectivity index (χ1n) is 7.09.